The van der Waals surface area contributed by atoms with E-state index >= 15 is 0 Å². The summed E-state index contributed by atoms with van der Waals surface area (Å²) in [6.45, 7) is 4.34. The number of aliphatic hydroxyl groups excluding tert-OH is 1. The van der Waals surface area contributed by atoms with E-state index in [4.69, 9.17) is 0 Å². The number of aryl methyl sites for hydroxylation is 1. The molecule has 1 unspecified atom stereocenters. The summed E-state index contributed by atoms with van der Waals surface area (Å²) in [6, 6.07) is 9.04. The fraction of sp³-hybridized carbons (Fsp3) is 0.625. The Kier molecular flexibility index (Phi) is 4.41. The van der Waals surface area contributed by atoms with Crippen LogP contribution in [0, 0.1) is 6.92 Å². The first kappa shape index (κ1) is 13.6. The van der Waals surface area contributed by atoms with E-state index in [-0.39, 0.29) is 12.1 Å². The minimum atomic E-state index is -0.310. The fourth-order valence-corrected chi connectivity index (χ4v) is 2.84. The molecule has 1 aliphatic carbocycles. The van der Waals surface area contributed by atoms with Crippen molar-refractivity contribution < 1.29 is 5.11 Å². The van der Waals surface area contributed by atoms with Crippen LogP contribution < -0.4 is 5.32 Å². The van der Waals surface area contributed by atoms with Crippen LogP contribution in [0.15, 0.2) is 24.3 Å². The molecule has 1 saturated carbocycles. The van der Waals surface area contributed by atoms with Crippen LogP contribution in [-0.2, 0) is 5.54 Å². The average Bonchev–Trinajstić information content (AvgIpc) is 2.40. The molecule has 100 valence electrons. The van der Waals surface area contributed by atoms with Gasteiger partial charge < -0.3 is 10.4 Å². The summed E-state index contributed by atoms with van der Waals surface area (Å²) >= 11 is 0. The Morgan fingerprint density at radius 3 is 2.33 bits per heavy atom. The van der Waals surface area contributed by atoms with Crippen molar-refractivity contribution in [2.75, 3.05) is 6.61 Å². The van der Waals surface area contributed by atoms with Crippen LogP contribution >= 0.6 is 0 Å². The molecule has 1 aliphatic rings. The number of aliphatic hydroxyl groups is 1. The Balaban J connectivity index is 2.10. The van der Waals surface area contributed by atoms with E-state index in [1.165, 1.54) is 43.2 Å². The summed E-state index contributed by atoms with van der Waals surface area (Å²) in [4.78, 5) is 0. The first-order valence-corrected chi connectivity index (χ1v) is 7.10. The summed E-state index contributed by atoms with van der Waals surface area (Å²) in [5.41, 5.74) is 2.13. The second-order valence-corrected chi connectivity index (χ2v) is 5.84. The highest BCUT2D eigenvalue weighted by Gasteiger charge is 2.29. The van der Waals surface area contributed by atoms with Gasteiger partial charge in [-0.15, -0.1) is 0 Å². The van der Waals surface area contributed by atoms with E-state index in [0.29, 0.717) is 6.04 Å². The second kappa shape index (κ2) is 5.85. The lowest BCUT2D eigenvalue weighted by Crippen LogP contribution is -2.49. The Bertz CT molecular complexity index is 367. The molecule has 2 heteroatoms. The van der Waals surface area contributed by atoms with Crippen molar-refractivity contribution in [1.29, 1.82) is 0 Å². The normalized spacial score (nSPS) is 20.6. The predicted molar refractivity (Wildman–Crippen MR) is 75.6 cm³/mol. The topological polar surface area (TPSA) is 32.3 Å². The molecule has 1 fully saturated rings. The standard InChI is InChI=1S/C16H25NO/c1-13-8-10-14(11-9-13)16(2,12-18)17-15-6-4-3-5-7-15/h8-11,15,17-18H,3-7,12H2,1-2H3. The van der Waals surface area contributed by atoms with Gasteiger partial charge in [-0.1, -0.05) is 49.1 Å². The van der Waals surface area contributed by atoms with Crippen molar-refractivity contribution in [1.82, 2.24) is 5.32 Å². The van der Waals surface area contributed by atoms with Gasteiger partial charge in [-0.05, 0) is 32.3 Å². The number of hydrogen-bond donors (Lipinski definition) is 2. The lowest BCUT2D eigenvalue weighted by Gasteiger charge is -2.36. The molecule has 0 saturated heterocycles. The van der Waals surface area contributed by atoms with E-state index in [9.17, 15) is 5.11 Å². The van der Waals surface area contributed by atoms with Crippen molar-refractivity contribution >= 4 is 0 Å². The maximum atomic E-state index is 9.78. The quantitative estimate of drug-likeness (QED) is 0.857. The molecular weight excluding hydrogens is 222 g/mol. The summed E-state index contributed by atoms with van der Waals surface area (Å²) < 4.78 is 0. The van der Waals surface area contributed by atoms with E-state index in [0.717, 1.165) is 0 Å². The third kappa shape index (κ3) is 3.12. The van der Waals surface area contributed by atoms with Gasteiger partial charge >= 0.3 is 0 Å². The largest absolute Gasteiger partial charge is 0.394 e. The monoisotopic (exact) mass is 247 g/mol. The van der Waals surface area contributed by atoms with Gasteiger partial charge in [0.15, 0.2) is 0 Å². The smallest absolute Gasteiger partial charge is 0.0652 e. The van der Waals surface area contributed by atoms with Crippen LogP contribution in [0.25, 0.3) is 0 Å². The Morgan fingerprint density at radius 1 is 1.17 bits per heavy atom. The first-order chi connectivity index (χ1) is 8.64. The molecule has 0 aliphatic heterocycles. The zero-order chi connectivity index (χ0) is 13.0. The number of benzene rings is 1. The van der Waals surface area contributed by atoms with Gasteiger partial charge in [0.2, 0.25) is 0 Å². The minimum absolute atomic E-state index is 0.145. The molecule has 1 aromatic carbocycles. The van der Waals surface area contributed by atoms with Crippen LogP contribution in [-0.4, -0.2) is 17.8 Å². The van der Waals surface area contributed by atoms with Crippen LogP contribution in [0.2, 0.25) is 0 Å². The van der Waals surface area contributed by atoms with Crippen LogP contribution in [0.1, 0.15) is 50.2 Å². The van der Waals surface area contributed by atoms with Gasteiger partial charge in [0.05, 0.1) is 12.1 Å². The van der Waals surface area contributed by atoms with Crippen LogP contribution in [0.5, 0.6) is 0 Å². The third-order valence-corrected chi connectivity index (χ3v) is 4.13. The predicted octanol–water partition coefficient (Wildman–Crippen LogP) is 3.12. The van der Waals surface area contributed by atoms with E-state index < -0.39 is 0 Å². The molecule has 18 heavy (non-hydrogen) atoms. The minimum Gasteiger partial charge on any atom is -0.394 e. The molecule has 0 bridgehead atoms. The highest BCUT2D eigenvalue weighted by atomic mass is 16.3. The molecule has 0 radical (unpaired) electrons. The molecule has 1 atom stereocenters. The molecule has 0 amide bonds. The van der Waals surface area contributed by atoms with Gasteiger partial charge in [-0.3, -0.25) is 0 Å². The second-order valence-electron chi connectivity index (χ2n) is 5.84. The lowest BCUT2D eigenvalue weighted by molar-refractivity contribution is 0.150. The molecule has 2 rings (SSSR count). The van der Waals surface area contributed by atoms with Crippen molar-refractivity contribution in [2.24, 2.45) is 0 Å². The summed E-state index contributed by atoms with van der Waals surface area (Å²) in [5.74, 6) is 0. The first-order valence-electron chi connectivity index (χ1n) is 7.10. The Labute approximate surface area is 110 Å². The number of rotatable bonds is 4. The maximum absolute atomic E-state index is 9.78. The molecule has 0 aromatic heterocycles. The van der Waals surface area contributed by atoms with Crippen LogP contribution in [0.4, 0.5) is 0 Å². The van der Waals surface area contributed by atoms with E-state index in [1.807, 2.05) is 0 Å². The zero-order valence-corrected chi connectivity index (χ0v) is 11.6. The molecule has 0 heterocycles. The van der Waals surface area contributed by atoms with Crippen molar-refractivity contribution in [3.05, 3.63) is 35.4 Å². The lowest BCUT2D eigenvalue weighted by atomic mass is 9.88. The summed E-state index contributed by atoms with van der Waals surface area (Å²) in [7, 11) is 0. The molecule has 1 aromatic rings. The molecular formula is C16H25NO. The van der Waals surface area contributed by atoms with Gasteiger partial charge in [0.1, 0.15) is 0 Å². The molecule has 2 nitrogen and oxygen atoms in total. The Hall–Kier alpha value is -0.860. The Morgan fingerprint density at radius 2 is 1.78 bits per heavy atom. The average molecular weight is 247 g/mol. The number of hydrogen-bond acceptors (Lipinski definition) is 2. The maximum Gasteiger partial charge on any atom is 0.0652 e. The highest BCUT2D eigenvalue weighted by molar-refractivity contribution is 5.27. The van der Waals surface area contributed by atoms with E-state index in [2.05, 4.69) is 43.4 Å². The van der Waals surface area contributed by atoms with Gasteiger partial charge in [0, 0.05) is 6.04 Å². The molecule has 2 N–H and O–H groups in total. The highest BCUT2D eigenvalue weighted by Crippen LogP contribution is 2.25. The van der Waals surface area contributed by atoms with Crippen LogP contribution in [0.3, 0.4) is 0 Å². The summed E-state index contributed by atoms with van der Waals surface area (Å²) in [5, 5.41) is 13.4. The van der Waals surface area contributed by atoms with Gasteiger partial charge in [-0.2, -0.15) is 0 Å². The SMILES string of the molecule is Cc1ccc(C(C)(CO)NC2CCCCC2)cc1. The van der Waals surface area contributed by atoms with Crippen molar-refractivity contribution in [2.45, 2.75) is 57.5 Å². The fourth-order valence-electron chi connectivity index (χ4n) is 2.84. The van der Waals surface area contributed by atoms with Crippen molar-refractivity contribution in [3.63, 3.8) is 0 Å². The van der Waals surface area contributed by atoms with Gasteiger partial charge in [-0.25, -0.2) is 0 Å². The summed E-state index contributed by atoms with van der Waals surface area (Å²) in [6.07, 6.45) is 6.46. The van der Waals surface area contributed by atoms with Crippen molar-refractivity contribution in [3.8, 4) is 0 Å². The molecule has 0 spiro atoms. The zero-order valence-electron chi connectivity index (χ0n) is 11.6. The third-order valence-electron chi connectivity index (χ3n) is 4.13. The number of nitrogens with one attached hydrogen (secondary N) is 1. The van der Waals surface area contributed by atoms with Gasteiger partial charge in [0.25, 0.3) is 0 Å². The van der Waals surface area contributed by atoms with E-state index in [1.54, 1.807) is 0 Å².